The Morgan fingerprint density at radius 2 is 1.12 bits per heavy atom. The van der Waals surface area contributed by atoms with Crippen LogP contribution in [0, 0.1) is 29.6 Å². The van der Waals surface area contributed by atoms with Crippen molar-refractivity contribution in [3.05, 3.63) is 0 Å². The molecule has 0 spiro atoms. The molecule has 0 radical (unpaired) electrons. The molecule has 416 valence electrons. The van der Waals surface area contributed by atoms with Crippen molar-refractivity contribution in [2.75, 3.05) is 42.3 Å². The van der Waals surface area contributed by atoms with Gasteiger partial charge in [-0.1, -0.05) is 96.9 Å². The van der Waals surface area contributed by atoms with Gasteiger partial charge in [-0.2, -0.15) is 0 Å². The van der Waals surface area contributed by atoms with E-state index in [1.807, 2.05) is 75.4 Å². The lowest BCUT2D eigenvalue weighted by atomic mass is 9.96. The maximum atomic E-state index is 15.4. The van der Waals surface area contributed by atoms with Crippen LogP contribution in [0.25, 0.3) is 0 Å². The van der Waals surface area contributed by atoms with Gasteiger partial charge in [0.15, 0.2) is 8.32 Å². The molecule has 0 bridgehead atoms. The predicted octanol–water partition coefficient (Wildman–Crippen LogP) is 6.41. The number of rotatable bonds is 28. The van der Waals surface area contributed by atoms with Gasteiger partial charge in [0.1, 0.15) is 42.5 Å². The van der Waals surface area contributed by atoms with Crippen molar-refractivity contribution in [1.82, 2.24) is 40.0 Å². The molecular weight excluding hydrogens is 937 g/mol. The highest BCUT2D eigenvalue weighted by atomic mass is 28.4. The van der Waals surface area contributed by atoms with Gasteiger partial charge >= 0.3 is 6.03 Å². The first kappa shape index (κ1) is 67.6. The van der Waals surface area contributed by atoms with E-state index in [-0.39, 0.29) is 66.2 Å². The van der Waals surface area contributed by atoms with E-state index < -0.39 is 98.2 Å². The highest BCUT2D eigenvalue weighted by molar-refractivity contribution is 6.74. The van der Waals surface area contributed by atoms with Gasteiger partial charge in [-0.15, -0.1) is 0 Å². The first-order valence-electron chi connectivity index (χ1n) is 26.2. The van der Waals surface area contributed by atoms with Crippen molar-refractivity contribution in [2.45, 2.75) is 216 Å². The van der Waals surface area contributed by atoms with Gasteiger partial charge in [-0.25, -0.2) is 4.79 Å². The summed E-state index contributed by atoms with van der Waals surface area (Å²) >= 11 is 0. The van der Waals surface area contributed by atoms with Gasteiger partial charge in [-0.3, -0.25) is 38.5 Å². The number of aldehydes is 1. The molecule has 0 aliphatic carbocycles. The molecule has 0 fully saturated rings. The zero-order chi connectivity index (χ0) is 56.7. The summed E-state index contributed by atoms with van der Waals surface area (Å²) in [4.78, 5) is 135. The molecule has 0 aromatic heterocycles. The molecule has 0 rings (SSSR count). The average molecular weight is 1040 g/mol. The summed E-state index contributed by atoms with van der Waals surface area (Å²) in [6.45, 7) is 34.0. The number of nitrogens with one attached hydrogen (secondary N) is 2. The van der Waals surface area contributed by atoms with Gasteiger partial charge in [0, 0.05) is 55.1 Å². The zero-order valence-electron chi connectivity index (χ0n) is 49.1. The van der Waals surface area contributed by atoms with Crippen molar-refractivity contribution < 1.29 is 47.6 Å². The van der Waals surface area contributed by atoms with Crippen molar-refractivity contribution in [3.63, 3.8) is 0 Å². The van der Waals surface area contributed by atoms with Gasteiger partial charge in [0.05, 0.1) is 12.1 Å². The van der Waals surface area contributed by atoms with Crippen LogP contribution in [0.1, 0.15) is 149 Å². The first-order valence-corrected chi connectivity index (χ1v) is 29.1. The Kier molecular flexibility index (Phi) is 27.7. The summed E-state index contributed by atoms with van der Waals surface area (Å²) in [5, 5.41) is 5.10. The quantitative estimate of drug-likeness (QED) is 0.0651. The lowest BCUT2D eigenvalue weighted by molar-refractivity contribution is -0.151. The predicted molar refractivity (Wildman–Crippen MR) is 287 cm³/mol. The molecule has 1 unspecified atom stereocenters. The molecule has 8 atom stereocenters. The average Bonchev–Trinajstić information content (AvgIpc) is 3.28. The number of urea groups is 1. The molecule has 9 amide bonds. The summed E-state index contributed by atoms with van der Waals surface area (Å²) in [7, 11) is 6.15. The lowest BCUT2D eigenvalue weighted by Gasteiger charge is -2.46. The van der Waals surface area contributed by atoms with E-state index in [0.29, 0.717) is 19.1 Å². The SMILES string of the molecule is CC[C@@H](C(=O)N(C)[C@H](C)C(=O)N(C)[C@@H](CC(C)C)C(=O)N[C@H](C(=O)NC)C(C)C)N(C(=O)N(C)C(=O)[C@H](C(C)C)N(C)C(=O)C(CC(C)C)N(C)C(=O)CCC(C)C)[C@H](CC=O)[C@H](C)O[Si](C)(C)C(C)(C)C. The maximum absolute atomic E-state index is 15.4. The number of amides is 9. The monoisotopic (exact) mass is 1040 g/mol. The molecule has 0 saturated carbocycles. The fraction of sp³-hybridized carbons (Fsp3) is 0.830. The normalized spacial score (nSPS) is 15.5. The van der Waals surface area contributed by atoms with Crippen LogP contribution in [0.3, 0.4) is 0 Å². The van der Waals surface area contributed by atoms with Gasteiger partial charge in [-0.05, 0) is 87.3 Å². The number of hydrogen-bond donors (Lipinski definition) is 2. The Morgan fingerprint density at radius 3 is 1.54 bits per heavy atom. The minimum Gasteiger partial charge on any atom is -0.412 e. The molecular formula is C53H100N8O10Si. The Hall–Kier alpha value is -4.39. The number of carbonyl (C=O) groups is 9. The van der Waals surface area contributed by atoms with Crippen LogP contribution in [-0.2, 0) is 42.8 Å². The van der Waals surface area contributed by atoms with Crippen LogP contribution in [0.2, 0.25) is 18.1 Å². The third-order valence-corrected chi connectivity index (χ3v) is 19.0. The Morgan fingerprint density at radius 1 is 0.625 bits per heavy atom. The van der Waals surface area contributed by atoms with Gasteiger partial charge in [0.2, 0.25) is 35.4 Å². The molecule has 0 aliphatic rings. The second-order valence-electron chi connectivity index (χ2n) is 23.3. The summed E-state index contributed by atoms with van der Waals surface area (Å²) in [6.07, 6.45) is 1.02. The molecule has 19 heteroatoms. The smallest absolute Gasteiger partial charge is 0.327 e. The molecule has 0 saturated heterocycles. The number of carbonyl (C=O) groups excluding carboxylic acids is 9. The standard InChI is InChI=1S/C53H100N8O10Si/c1-25-39(49(67)56(18)37(12)48(66)58(20)41(30-33(4)5)46(64)55-44(35(8)9)47(65)54-17)61(40(28-29-62)38(13)71-72(23,24)53(14,15)16)52(70)60(22)51(69)45(36(10)11)59(21)50(68)42(31-34(6)7)57(19)43(63)27-26-32(2)3/h29,32-42,44-45H,25-28,30-31H2,1-24H3,(H,54,65)(H,55,64)/t37-,38+,39+,40-,41+,42?,44+,45+/m1/s1. The van der Waals surface area contributed by atoms with E-state index in [1.165, 1.54) is 66.7 Å². The minimum atomic E-state index is -2.61. The van der Waals surface area contributed by atoms with Crippen LogP contribution < -0.4 is 10.6 Å². The fourth-order valence-electron chi connectivity index (χ4n) is 8.58. The second-order valence-corrected chi connectivity index (χ2v) is 28.1. The second kappa shape index (κ2) is 29.5. The fourth-order valence-corrected chi connectivity index (χ4v) is 10.0. The summed E-state index contributed by atoms with van der Waals surface area (Å²) in [6, 6.07) is -8.48. The van der Waals surface area contributed by atoms with Crippen molar-refractivity contribution in [2.24, 2.45) is 29.6 Å². The molecule has 18 nitrogen and oxygen atoms in total. The molecule has 0 aromatic carbocycles. The van der Waals surface area contributed by atoms with Crippen molar-refractivity contribution in [3.8, 4) is 0 Å². The topological polar surface area (TPSA) is 206 Å². The Bertz CT molecular complexity index is 1830. The maximum Gasteiger partial charge on any atom is 0.327 e. The first-order chi connectivity index (χ1) is 32.9. The van der Waals surface area contributed by atoms with Crippen LogP contribution >= 0.6 is 0 Å². The number of nitrogens with zero attached hydrogens (tertiary/aromatic N) is 6. The van der Waals surface area contributed by atoms with Crippen LogP contribution in [-0.4, -0.2) is 182 Å². The van der Waals surface area contributed by atoms with E-state index in [1.54, 1.807) is 48.6 Å². The highest BCUT2D eigenvalue weighted by Crippen LogP contribution is 2.38. The van der Waals surface area contributed by atoms with Crippen LogP contribution in [0.4, 0.5) is 4.79 Å². The van der Waals surface area contributed by atoms with E-state index in [2.05, 4.69) is 10.6 Å². The summed E-state index contributed by atoms with van der Waals surface area (Å²) in [5.74, 6) is -4.10. The van der Waals surface area contributed by atoms with Crippen molar-refractivity contribution >= 4 is 62.0 Å². The third kappa shape index (κ3) is 18.5. The molecule has 0 heterocycles. The number of imide groups is 1. The lowest BCUT2D eigenvalue weighted by Crippen LogP contribution is -2.64. The minimum absolute atomic E-state index is 0.00954. The van der Waals surface area contributed by atoms with Crippen LogP contribution in [0.15, 0.2) is 0 Å². The Balaban J connectivity index is 7.69. The molecule has 0 aliphatic heterocycles. The summed E-state index contributed by atoms with van der Waals surface area (Å²) in [5.41, 5.74) is 0. The molecule has 0 aromatic rings. The van der Waals surface area contributed by atoms with Gasteiger partial charge < -0.3 is 44.4 Å². The van der Waals surface area contributed by atoms with E-state index in [4.69, 9.17) is 4.43 Å². The van der Waals surface area contributed by atoms with Crippen LogP contribution in [0.5, 0.6) is 0 Å². The van der Waals surface area contributed by atoms with E-state index >= 15 is 9.59 Å². The zero-order valence-corrected chi connectivity index (χ0v) is 50.1. The van der Waals surface area contributed by atoms with Crippen molar-refractivity contribution in [1.29, 1.82) is 0 Å². The number of likely N-dealkylation sites (N-methyl/N-ethyl adjacent to an activating group) is 6. The number of hydrogen-bond acceptors (Lipinski definition) is 10. The van der Waals surface area contributed by atoms with E-state index in [0.717, 1.165) is 4.90 Å². The highest BCUT2D eigenvalue weighted by Gasteiger charge is 2.47. The largest absolute Gasteiger partial charge is 0.412 e. The third-order valence-electron chi connectivity index (χ3n) is 14.4. The van der Waals surface area contributed by atoms with E-state index in [9.17, 15) is 33.6 Å². The Labute approximate surface area is 435 Å². The molecule has 2 N–H and O–H groups in total. The van der Waals surface area contributed by atoms with Gasteiger partial charge in [0.25, 0.3) is 5.91 Å². The molecule has 72 heavy (non-hydrogen) atoms. The summed E-state index contributed by atoms with van der Waals surface area (Å²) < 4.78 is 6.82.